The van der Waals surface area contributed by atoms with Gasteiger partial charge in [-0.15, -0.1) is 0 Å². The minimum Gasteiger partial charge on any atom is -0.487 e. The van der Waals surface area contributed by atoms with Crippen LogP contribution in [0.5, 0.6) is 11.5 Å². The van der Waals surface area contributed by atoms with Crippen LogP contribution in [-0.4, -0.2) is 35.9 Å². The number of alkyl carbamates (subject to hydrolysis) is 1. The highest BCUT2D eigenvalue weighted by Crippen LogP contribution is 2.27. The van der Waals surface area contributed by atoms with E-state index in [9.17, 15) is 22.8 Å². The molecule has 2 aromatic carbocycles. The normalized spacial score (nSPS) is 15.9. The second-order valence-electron chi connectivity index (χ2n) is 8.27. The van der Waals surface area contributed by atoms with Crippen molar-refractivity contribution in [2.24, 2.45) is 0 Å². The Morgan fingerprint density at radius 2 is 1.86 bits per heavy atom. The molecule has 3 aromatic rings. The van der Waals surface area contributed by atoms with E-state index in [1.807, 2.05) is 31.2 Å². The molecule has 0 radical (unpaired) electrons. The Kier molecular flexibility index (Phi) is 7.51. The summed E-state index contributed by atoms with van der Waals surface area (Å²) >= 11 is 0. The van der Waals surface area contributed by atoms with E-state index >= 15 is 0 Å². The molecule has 1 aromatic heterocycles. The second kappa shape index (κ2) is 10.8. The van der Waals surface area contributed by atoms with E-state index in [-0.39, 0.29) is 18.8 Å². The Labute approximate surface area is 210 Å². The Balaban J connectivity index is 1.37. The molecule has 0 aliphatic carbocycles. The van der Waals surface area contributed by atoms with Gasteiger partial charge in [-0.05, 0) is 61.4 Å². The Hall–Kier alpha value is -4.28. The van der Waals surface area contributed by atoms with E-state index in [0.717, 1.165) is 11.1 Å². The minimum atomic E-state index is -4.41. The van der Waals surface area contributed by atoms with E-state index < -0.39 is 30.9 Å². The van der Waals surface area contributed by atoms with Crippen LogP contribution in [0.4, 0.5) is 18.0 Å². The highest BCUT2D eigenvalue weighted by atomic mass is 19.4. The van der Waals surface area contributed by atoms with Crippen molar-refractivity contribution in [2.75, 3.05) is 6.61 Å². The number of carbonyl (C=O) groups is 2. The van der Waals surface area contributed by atoms with Crippen molar-refractivity contribution < 1.29 is 41.4 Å². The molecule has 0 bridgehead atoms. The third kappa shape index (κ3) is 6.90. The Bertz CT molecular complexity index is 1310. The highest BCUT2D eigenvalue weighted by molar-refractivity contribution is 6.00. The number of allylic oxidation sites excluding steroid dienone is 1. The van der Waals surface area contributed by atoms with Crippen LogP contribution < -0.4 is 14.8 Å². The number of ether oxygens (including phenoxy) is 3. The average molecular weight is 516 g/mol. The Morgan fingerprint density at radius 1 is 1.11 bits per heavy atom. The number of carbonyl (C=O) groups excluding carboxylic acids is 2. The number of nitrogens with one attached hydrogen (secondary N) is 1. The summed E-state index contributed by atoms with van der Waals surface area (Å²) in [7, 11) is 0. The third-order valence-electron chi connectivity index (χ3n) is 5.47. The molecule has 0 spiro atoms. The van der Waals surface area contributed by atoms with E-state index in [1.54, 1.807) is 25.1 Å². The molecular weight excluding hydrogens is 493 g/mol. The van der Waals surface area contributed by atoms with Crippen LogP contribution in [-0.2, 0) is 16.1 Å². The maximum atomic E-state index is 12.3. The summed E-state index contributed by atoms with van der Waals surface area (Å²) in [4.78, 5) is 27.2. The molecule has 0 saturated carbocycles. The smallest absolute Gasteiger partial charge is 0.422 e. The van der Waals surface area contributed by atoms with Crippen molar-refractivity contribution in [3.63, 3.8) is 0 Å². The van der Waals surface area contributed by atoms with Gasteiger partial charge in [0.15, 0.2) is 12.7 Å². The van der Waals surface area contributed by atoms with Gasteiger partial charge in [-0.3, -0.25) is 10.1 Å². The number of hydrogen-bond donors (Lipinski definition) is 1. The molecule has 37 heavy (non-hydrogen) atoms. The number of rotatable bonds is 9. The maximum absolute atomic E-state index is 12.3. The number of nitrogens with zero attached hydrogens (tertiary/aromatic N) is 1. The van der Waals surface area contributed by atoms with Gasteiger partial charge in [-0.1, -0.05) is 18.2 Å². The molecule has 2 amide bonds. The third-order valence-corrected chi connectivity index (χ3v) is 5.47. The predicted molar refractivity (Wildman–Crippen MR) is 126 cm³/mol. The fourth-order valence-electron chi connectivity index (χ4n) is 3.48. The number of benzene rings is 2. The van der Waals surface area contributed by atoms with Gasteiger partial charge in [-0.2, -0.15) is 13.2 Å². The molecule has 8 nitrogen and oxygen atoms in total. The number of halogens is 3. The van der Waals surface area contributed by atoms with Crippen molar-refractivity contribution in [3.05, 3.63) is 71.6 Å². The molecule has 1 saturated heterocycles. The summed E-state index contributed by atoms with van der Waals surface area (Å²) in [6.45, 7) is 2.38. The molecule has 2 heterocycles. The van der Waals surface area contributed by atoms with Crippen molar-refractivity contribution in [1.82, 2.24) is 10.3 Å². The largest absolute Gasteiger partial charge is 0.487 e. The molecule has 11 heteroatoms. The van der Waals surface area contributed by atoms with Gasteiger partial charge < -0.3 is 18.6 Å². The molecule has 1 fully saturated rings. The summed E-state index contributed by atoms with van der Waals surface area (Å²) in [6.07, 6.45) is -3.92. The number of amides is 2. The predicted octanol–water partition coefficient (Wildman–Crippen LogP) is 5.60. The number of cyclic esters (lactones) is 1. The zero-order valence-corrected chi connectivity index (χ0v) is 19.9. The van der Waals surface area contributed by atoms with E-state index in [2.05, 4.69) is 10.3 Å². The highest BCUT2D eigenvalue weighted by Gasteiger charge is 2.31. The first kappa shape index (κ1) is 25.8. The van der Waals surface area contributed by atoms with Gasteiger partial charge in [0.25, 0.3) is 5.91 Å². The maximum Gasteiger partial charge on any atom is 0.422 e. The molecule has 1 aliphatic rings. The molecule has 1 N–H and O–H groups in total. The standard InChI is InChI=1S/C26H23F3N2O6/c1-15(6-11-22-23(32)31-25(33)37-22)18-4-3-5-20(12-18)34-13-21-16(2)36-24(30-21)17-7-9-19(10-8-17)35-14-26(27,28)29/h3-10,12,22H,11,13-14H2,1-2H3,(H,31,32,33)/b15-6+. The van der Waals surface area contributed by atoms with Crippen LogP contribution in [0.3, 0.4) is 0 Å². The number of aryl methyl sites for hydroxylation is 1. The van der Waals surface area contributed by atoms with Crippen LogP contribution in [0.1, 0.15) is 30.4 Å². The molecule has 4 rings (SSSR count). The first-order valence-corrected chi connectivity index (χ1v) is 11.2. The summed E-state index contributed by atoms with van der Waals surface area (Å²) in [5.74, 6) is 1.07. The van der Waals surface area contributed by atoms with Gasteiger partial charge in [0.1, 0.15) is 29.6 Å². The van der Waals surface area contributed by atoms with Crippen molar-refractivity contribution in [3.8, 4) is 23.0 Å². The number of imide groups is 1. The van der Waals surface area contributed by atoms with E-state index in [0.29, 0.717) is 28.7 Å². The lowest BCUT2D eigenvalue weighted by Crippen LogP contribution is -2.23. The van der Waals surface area contributed by atoms with Gasteiger partial charge >= 0.3 is 12.3 Å². The topological polar surface area (TPSA) is 99.9 Å². The lowest BCUT2D eigenvalue weighted by molar-refractivity contribution is -0.153. The van der Waals surface area contributed by atoms with Gasteiger partial charge in [0, 0.05) is 12.0 Å². The first-order chi connectivity index (χ1) is 17.6. The molecule has 1 unspecified atom stereocenters. The second-order valence-corrected chi connectivity index (χ2v) is 8.27. The molecule has 1 aliphatic heterocycles. The minimum absolute atomic E-state index is 0.0876. The summed E-state index contributed by atoms with van der Waals surface area (Å²) in [5.41, 5.74) is 2.90. The average Bonchev–Trinajstić information content (AvgIpc) is 3.40. The Morgan fingerprint density at radius 3 is 2.54 bits per heavy atom. The van der Waals surface area contributed by atoms with E-state index in [4.69, 9.17) is 18.6 Å². The van der Waals surface area contributed by atoms with Crippen LogP contribution in [0.15, 0.2) is 59.0 Å². The van der Waals surface area contributed by atoms with Gasteiger partial charge in [0.05, 0.1) is 0 Å². The van der Waals surface area contributed by atoms with Crippen LogP contribution in [0.2, 0.25) is 0 Å². The van der Waals surface area contributed by atoms with Crippen LogP contribution >= 0.6 is 0 Å². The van der Waals surface area contributed by atoms with Crippen LogP contribution in [0.25, 0.3) is 17.0 Å². The molecule has 194 valence electrons. The number of aromatic nitrogens is 1. The van der Waals surface area contributed by atoms with E-state index in [1.165, 1.54) is 12.1 Å². The first-order valence-electron chi connectivity index (χ1n) is 11.2. The zero-order valence-electron chi connectivity index (χ0n) is 19.9. The summed E-state index contributed by atoms with van der Waals surface area (Å²) in [5, 5.41) is 2.09. The lowest BCUT2D eigenvalue weighted by Gasteiger charge is -2.09. The van der Waals surface area contributed by atoms with Gasteiger partial charge in [0.2, 0.25) is 5.89 Å². The van der Waals surface area contributed by atoms with Crippen molar-refractivity contribution in [1.29, 1.82) is 0 Å². The molecular formula is C26H23F3N2O6. The zero-order chi connectivity index (χ0) is 26.6. The summed E-state index contributed by atoms with van der Waals surface area (Å²) < 4.78 is 58.2. The van der Waals surface area contributed by atoms with Crippen LogP contribution in [0, 0.1) is 6.92 Å². The van der Waals surface area contributed by atoms with Gasteiger partial charge in [-0.25, -0.2) is 9.78 Å². The quantitative estimate of drug-likeness (QED) is 0.395. The van der Waals surface area contributed by atoms with Crippen molar-refractivity contribution >= 4 is 17.6 Å². The SMILES string of the molecule is C/C(=C\CC1OC(=O)NC1=O)c1cccc(OCc2nc(-c3ccc(OCC(F)(F)F)cc3)oc2C)c1. The lowest BCUT2D eigenvalue weighted by atomic mass is 10.0. The number of oxazole rings is 1. The molecule has 1 atom stereocenters. The number of hydrogen-bond acceptors (Lipinski definition) is 7. The van der Waals surface area contributed by atoms with Crippen molar-refractivity contribution in [2.45, 2.75) is 39.2 Å². The summed E-state index contributed by atoms with van der Waals surface area (Å²) in [6, 6.07) is 13.3. The fourth-order valence-corrected chi connectivity index (χ4v) is 3.48. The fraction of sp³-hybridized carbons (Fsp3) is 0.269. The number of alkyl halides is 3. The monoisotopic (exact) mass is 516 g/mol.